The quantitative estimate of drug-likeness (QED) is 0.641. The normalized spacial score (nSPS) is 11.9. The van der Waals surface area contributed by atoms with Crippen LogP contribution in [0.25, 0.3) is 10.8 Å². The van der Waals surface area contributed by atoms with Crippen molar-refractivity contribution in [1.29, 1.82) is 0 Å². The lowest BCUT2D eigenvalue weighted by Gasteiger charge is -2.16. The van der Waals surface area contributed by atoms with Crippen LogP contribution in [0.15, 0.2) is 60.7 Å². The topological polar surface area (TPSA) is 86.6 Å². The molecule has 132 valence electrons. The van der Waals surface area contributed by atoms with Crippen LogP contribution in [0, 0.1) is 0 Å². The zero-order valence-electron chi connectivity index (χ0n) is 13.6. The summed E-state index contributed by atoms with van der Waals surface area (Å²) in [6, 6.07) is 16.1. The van der Waals surface area contributed by atoms with Crippen LogP contribution in [0.3, 0.4) is 0 Å². The Kier molecular flexibility index (Phi) is 5.09. The van der Waals surface area contributed by atoms with E-state index in [0.29, 0.717) is 15.8 Å². The number of aromatic hydroxyl groups is 1. The van der Waals surface area contributed by atoms with Crippen molar-refractivity contribution in [3.8, 4) is 5.75 Å². The molecule has 0 aliphatic heterocycles. The number of halogens is 1. The number of amides is 1. The monoisotopic (exact) mass is 369 g/mol. The van der Waals surface area contributed by atoms with Crippen LogP contribution < -0.4 is 5.32 Å². The summed E-state index contributed by atoms with van der Waals surface area (Å²) in [6.45, 7) is 0. The molecule has 0 unspecified atom stereocenters. The van der Waals surface area contributed by atoms with Gasteiger partial charge in [0.15, 0.2) is 0 Å². The molecule has 0 bridgehead atoms. The van der Waals surface area contributed by atoms with Crippen molar-refractivity contribution in [3.05, 3.63) is 76.8 Å². The Bertz CT molecular complexity index is 972. The van der Waals surface area contributed by atoms with Crippen LogP contribution in [0.1, 0.15) is 15.9 Å². The molecule has 26 heavy (non-hydrogen) atoms. The summed E-state index contributed by atoms with van der Waals surface area (Å²) in [5.74, 6) is -2.08. The summed E-state index contributed by atoms with van der Waals surface area (Å²) in [7, 11) is 0. The Morgan fingerprint density at radius 2 is 1.62 bits per heavy atom. The van der Waals surface area contributed by atoms with Crippen molar-refractivity contribution in [3.63, 3.8) is 0 Å². The van der Waals surface area contributed by atoms with Crippen molar-refractivity contribution in [2.45, 2.75) is 12.5 Å². The maximum absolute atomic E-state index is 12.6. The third-order valence-corrected chi connectivity index (χ3v) is 4.41. The summed E-state index contributed by atoms with van der Waals surface area (Å²) < 4.78 is 0. The highest BCUT2D eigenvalue weighted by Crippen LogP contribution is 2.34. The van der Waals surface area contributed by atoms with Gasteiger partial charge in [-0.05, 0) is 11.6 Å². The number of fused-ring (bicyclic) bond motifs is 1. The number of phenolic OH excluding ortho intramolecular Hbond substituents is 1. The van der Waals surface area contributed by atoms with E-state index < -0.39 is 17.9 Å². The molecule has 0 fully saturated rings. The second-order valence-electron chi connectivity index (χ2n) is 5.85. The van der Waals surface area contributed by atoms with Gasteiger partial charge in [-0.2, -0.15) is 0 Å². The molecule has 3 aromatic carbocycles. The van der Waals surface area contributed by atoms with E-state index in [9.17, 15) is 19.8 Å². The van der Waals surface area contributed by atoms with Crippen molar-refractivity contribution < 1.29 is 19.8 Å². The molecule has 0 heterocycles. The number of carboxylic acid groups (broad SMARTS) is 1. The molecule has 3 rings (SSSR count). The Labute approximate surface area is 154 Å². The predicted octanol–water partition coefficient (Wildman–Crippen LogP) is 3.62. The van der Waals surface area contributed by atoms with Gasteiger partial charge in [-0.15, -0.1) is 0 Å². The Hall–Kier alpha value is -3.05. The number of rotatable bonds is 5. The van der Waals surface area contributed by atoms with Crippen LogP contribution in [-0.2, 0) is 11.2 Å². The van der Waals surface area contributed by atoms with Crippen molar-refractivity contribution >= 4 is 34.2 Å². The summed E-state index contributed by atoms with van der Waals surface area (Å²) in [5, 5.41) is 23.6. The Morgan fingerprint density at radius 3 is 2.27 bits per heavy atom. The average Bonchev–Trinajstić information content (AvgIpc) is 2.65. The van der Waals surface area contributed by atoms with E-state index in [1.807, 2.05) is 6.07 Å². The van der Waals surface area contributed by atoms with E-state index in [0.717, 1.165) is 5.56 Å². The smallest absolute Gasteiger partial charge is 0.326 e. The fourth-order valence-corrected chi connectivity index (χ4v) is 3.05. The minimum Gasteiger partial charge on any atom is -0.506 e. The lowest BCUT2D eigenvalue weighted by atomic mass is 10.0. The van der Waals surface area contributed by atoms with E-state index in [4.69, 9.17) is 11.6 Å². The van der Waals surface area contributed by atoms with Crippen LogP contribution >= 0.6 is 11.6 Å². The van der Waals surface area contributed by atoms with E-state index in [1.54, 1.807) is 48.5 Å². The first-order chi connectivity index (χ1) is 12.5. The van der Waals surface area contributed by atoms with Crippen LogP contribution in [0.4, 0.5) is 0 Å². The third-order valence-electron chi connectivity index (χ3n) is 4.10. The predicted molar refractivity (Wildman–Crippen MR) is 99.7 cm³/mol. The maximum Gasteiger partial charge on any atom is 0.326 e. The molecule has 0 saturated carbocycles. The SMILES string of the molecule is O=C(N[C@H](Cc1ccccc1)C(=O)O)c1cc(Cl)c2ccccc2c1O. The van der Waals surface area contributed by atoms with Gasteiger partial charge in [0.2, 0.25) is 0 Å². The summed E-state index contributed by atoms with van der Waals surface area (Å²) in [4.78, 5) is 24.1. The van der Waals surface area contributed by atoms with Crippen LogP contribution in [0.2, 0.25) is 5.02 Å². The number of carbonyl (C=O) groups is 2. The molecule has 0 spiro atoms. The molecule has 0 aromatic heterocycles. The molecule has 0 saturated heterocycles. The first-order valence-electron chi connectivity index (χ1n) is 7.95. The first kappa shape index (κ1) is 17.8. The Morgan fingerprint density at radius 1 is 1.00 bits per heavy atom. The van der Waals surface area contributed by atoms with Gasteiger partial charge in [-0.25, -0.2) is 4.79 Å². The maximum atomic E-state index is 12.6. The highest BCUT2D eigenvalue weighted by Gasteiger charge is 2.24. The van der Waals surface area contributed by atoms with Gasteiger partial charge < -0.3 is 15.5 Å². The lowest BCUT2D eigenvalue weighted by Crippen LogP contribution is -2.42. The van der Waals surface area contributed by atoms with E-state index in [2.05, 4.69) is 5.32 Å². The molecule has 0 radical (unpaired) electrons. The fraction of sp³-hybridized carbons (Fsp3) is 0.100. The van der Waals surface area contributed by atoms with Crippen molar-refractivity contribution in [1.82, 2.24) is 5.32 Å². The van der Waals surface area contributed by atoms with E-state index in [-0.39, 0.29) is 17.7 Å². The molecule has 0 aliphatic carbocycles. The molecular formula is C20H16ClNO4. The van der Waals surface area contributed by atoms with Crippen LogP contribution in [0.5, 0.6) is 5.75 Å². The minimum atomic E-state index is -1.16. The molecule has 1 amide bonds. The van der Waals surface area contributed by atoms with Crippen molar-refractivity contribution in [2.24, 2.45) is 0 Å². The number of aliphatic carboxylic acids is 1. The molecule has 3 N–H and O–H groups in total. The average molecular weight is 370 g/mol. The van der Waals surface area contributed by atoms with E-state index >= 15 is 0 Å². The molecule has 6 heteroatoms. The number of hydrogen-bond acceptors (Lipinski definition) is 3. The lowest BCUT2D eigenvalue weighted by molar-refractivity contribution is -0.139. The molecule has 0 aliphatic rings. The highest BCUT2D eigenvalue weighted by molar-refractivity contribution is 6.36. The number of carboxylic acids is 1. The van der Waals surface area contributed by atoms with Gasteiger partial charge in [0.1, 0.15) is 11.8 Å². The standard InChI is InChI=1S/C20H16ClNO4/c21-16-11-15(18(23)14-9-5-4-8-13(14)16)19(24)22-17(20(25)26)10-12-6-2-1-3-7-12/h1-9,11,17,23H,10H2,(H,22,24)(H,25,26)/t17-/m1/s1. The second kappa shape index (κ2) is 7.45. The zero-order valence-corrected chi connectivity index (χ0v) is 14.4. The summed E-state index contributed by atoms with van der Waals surface area (Å²) in [5.41, 5.74) is 0.717. The number of nitrogens with one attached hydrogen (secondary N) is 1. The third kappa shape index (κ3) is 3.63. The van der Waals surface area contributed by atoms with E-state index in [1.165, 1.54) is 6.07 Å². The van der Waals surface area contributed by atoms with Gasteiger partial charge in [0.05, 0.1) is 5.56 Å². The van der Waals surface area contributed by atoms with Gasteiger partial charge in [0, 0.05) is 22.2 Å². The zero-order chi connectivity index (χ0) is 18.7. The molecule has 3 aromatic rings. The Balaban J connectivity index is 1.89. The summed E-state index contributed by atoms with van der Waals surface area (Å²) in [6.07, 6.45) is 0.129. The largest absolute Gasteiger partial charge is 0.506 e. The molecular weight excluding hydrogens is 354 g/mol. The number of benzene rings is 3. The highest BCUT2D eigenvalue weighted by atomic mass is 35.5. The minimum absolute atomic E-state index is 0.0620. The van der Waals surface area contributed by atoms with Gasteiger partial charge in [0.25, 0.3) is 5.91 Å². The van der Waals surface area contributed by atoms with Crippen LogP contribution in [-0.4, -0.2) is 28.1 Å². The fourth-order valence-electron chi connectivity index (χ4n) is 2.77. The summed E-state index contributed by atoms with van der Waals surface area (Å²) >= 11 is 6.20. The number of carbonyl (C=O) groups excluding carboxylic acids is 1. The van der Waals surface area contributed by atoms with Gasteiger partial charge >= 0.3 is 5.97 Å². The van der Waals surface area contributed by atoms with Gasteiger partial charge in [-0.3, -0.25) is 4.79 Å². The molecule has 5 nitrogen and oxygen atoms in total. The van der Waals surface area contributed by atoms with Crippen molar-refractivity contribution in [2.75, 3.05) is 0 Å². The number of phenols is 1. The molecule has 1 atom stereocenters. The first-order valence-corrected chi connectivity index (χ1v) is 8.33. The second-order valence-corrected chi connectivity index (χ2v) is 6.26. The number of hydrogen-bond donors (Lipinski definition) is 3. The van der Waals surface area contributed by atoms with Gasteiger partial charge in [-0.1, -0.05) is 66.2 Å².